The van der Waals surface area contributed by atoms with Crippen molar-refractivity contribution in [2.45, 2.75) is 19.5 Å². The lowest BCUT2D eigenvalue weighted by Crippen LogP contribution is -2.56. The molecule has 1 aromatic heterocycles. The summed E-state index contributed by atoms with van der Waals surface area (Å²) in [6.07, 6.45) is 3.73. The Bertz CT molecular complexity index is 281. The van der Waals surface area contributed by atoms with Crippen LogP contribution in [0.3, 0.4) is 0 Å². The lowest BCUT2D eigenvalue weighted by Gasteiger charge is -2.37. The number of halogens is 3. The van der Waals surface area contributed by atoms with E-state index in [1.54, 1.807) is 0 Å². The van der Waals surface area contributed by atoms with Gasteiger partial charge < -0.3 is 5.32 Å². The highest BCUT2D eigenvalue weighted by Gasteiger charge is 2.22. The van der Waals surface area contributed by atoms with Crippen molar-refractivity contribution >= 4 is 37.2 Å². The molecule has 17 heavy (non-hydrogen) atoms. The lowest BCUT2D eigenvalue weighted by atomic mass is 10.1. The van der Waals surface area contributed by atoms with E-state index < -0.39 is 0 Å². The van der Waals surface area contributed by atoms with Crippen LogP contribution < -0.4 is 5.32 Å². The van der Waals surface area contributed by atoms with Gasteiger partial charge in [0.15, 0.2) is 0 Å². The fraction of sp³-hybridized carbons (Fsp3) is 0.545. The van der Waals surface area contributed by atoms with Crippen LogP contribution in [0.1, 0.15) is 12.5 Å². The zero-order valence-electron chi connectivity index (χ0n) is 9.83. The molecule has 0 spiro atoms. The molecule has 0 aliphatic carbocycles. The van der Waals surface area contributed by atoms with Crippen LogP contribution in [-0.2, 0) is 6.54 Å². The van der Waals surface area contributed by atoms with E-state index in [0.717, 1.165) is 32.2 Å². The molecule has 1 aromatic rings. The van der Waals surface area contributed by atoms with Gasteiger partial charge in [0.05, 0.1) is 0 Å². The summed E-state index contributed by atoms with van der Waals surface area (Å²) in [6, 6.07) is 4.91. The van der Waals surface area contributed by atoms with Gasteiger partial charge in [-0.3, -0.25) is 9.88 Å². The summed E-state index contributed by atoms with van der Waals surface area (Å²) in [7, 11) is 0. The Morgan fingerprint density at radius 3 is 2.24 bits per heavy atom. The molecule has 0 atom stereocenters. The molecule has 1 aliphatic heterocycles. The van der Waals surface area contributed by atoms with Gasteiger partial charge >= 0.3 is 0 Å². The van der Waals surface area contributed by atoms with E-state index in [0.29, 0.717) is 0 Å². The van der Waals surface area contributed by atoms with Crippen molar-refractivity contribution in [2.75, 3.05) is 19.6 Å². The SMILES string of the molecule is CCN(Cc1ccncc1)C1CNC1.Cl.Cl.Cl. The quantitative estimate of drug-likeness (QED) is 0.923. The minimum atomic E-state index is 0. The first-order valence-electron chi connectivity index (χ1n) is 5.24. The van der Waals surface area contributed by atoms with Crippen molar-refractivity contribution in [3.63, 3.8) is 0 Å². The fourth-order valence-electron chi connectivity index (χ4n) is 1.75. The summed E-state index contributed by atoms with van der Waals surface area (Å²) in [5.74, 6) is 0. The third kappa shape index (κ3) is 5.40. The largest absolute Gasteiger partial charge is 0.314 e. The summed E-state index contributed by atoms with van der Waals surface area (Å²) in [5, 5.41) is 3.31. The van der Waals surface area contributed by atoms with Crippen LogP contribution in [0.15, 0.2) is 24.5 Å². The van der Waals surface area contributed by atoms with Crippen molar-refractivity contribution < 1.29 is 0 Å². The van der Waals surface area contributed by atoms with Gasteiger partial charge in [-0.1, -0.05) is 6.92 Å². The molecule has 100 valence electrons. The molecule has 1 fully saturated rings. The molecule has 0 aromatic carbocycles. The molecule has 0 unspecified atom stereocenters. The van der Waals surface area contributed by atoms with Crippen LogP contribution in [0.4, 0.5) is 0 Å². The Kier molecular flexibility index (Phi) is 11.3. The molecule has 0 saturated carbocycles. The molecule has 1 aliphatic rings. The number of likely N-dealkylation sites (N-methyl/N-ethyl adjacent to an activating group) is 1. The number of aromatic nitrogens is 1. The summed E-state index contributed by atoms with van der Waals surface area (Å²) in [6.45, 7) is 6.66. The topological polar surface area (TPSA) is 28.2 Å². The maximum atomic E-state index is 4.03. The smallest absolute Gasteiger partial charge is 0.0348 e. The highest BCUT2D eigenvalue weighted by atomic mass is 35.5. The first-order valence-corrected chi connectivity index (χ1v) is 5.24. The van der Waals surface area contributed by atoms with Crippen LogP contribution in [0.2, 0.25) is 0 Å². The summed E-state index contributed by atoms with van der Waals surface area (Å²) in [4.78, 5) is 6.53. The minimum Gasteiger partial charge on any atom is -0.314 e. The molecule has 0 radical (unpaired) electrons. The minimum absolute atomic E-state index is 0. The van der Waals surface area contributed by atoms with Gasteiger partial charge in [0, 0.05) is 38.1 Å². The predicted octanol–water partition coefficient (Wildman–Crippen LogP) is 2.14. The summed E-state index contributed by atoms with van der Waals surface area (Å²) < 4.78 is 0. The summed E-state index contributed by atoms with van der Waals surface area (Å²) in [5.41, 5.74) is 1.36. The van der Waals surface area contributed by atoms with Gasteiger partial charge in [0.2, 0.25) is 0 Å². The Balaban J connectivity index is 0. The zero-order valence-corrected chi connectivity index (χ0v) is 12.3. The van der Waals surface area contributed by atoms with E-state index in [2.05, 4.69) is 34.3 Å². The van der Waals surface area contributed by atoms with Gasteiger partial charge in [-0.05, 0) is 24.2 Å². The van der Waals surface area contributed by atoms with E-state index in [4.69, 9.17) is 0 Å². The van der Waals surface area contributed by atoms with Crippen molar-refractivity contribution in [1.82, 2.24) is 15.2 Å². The zero-order chi connectivity index (χ0) is 9.80. The second-order valence-corrected chi connectivity index (χ2v) is 3.73. The van der Waals surface area contributed by atoms with Gasteiger partial charge in [0.1, 0.15) is 0 Å². The number of pyridine rings is 1. The predicted molar refractivity (Wildman–Crippen MR) is 78.7 cm³/mol. The average Bonchev–Trinajstić information content (AvgIpc) is 2.15. The second-order valence-electron chi connectivity index (χ2n) is 3.73. The van der Waals surface area contributed by atoms with Gasteiger partial charge in [-0.15, -0.1) is 37.2 Å². The molecule has 2 rings (SSSR count). The van der Waals surface area contributed by atoms with Gasteiger partial charge in [0.25, 0.3) is 0 Å². The van der Waals surface area contributed by atoms with Crippen LogP contribution in [0.25, 0.3) is 0 Å². The van der Waals surface area contributed by atoms with Crippen LogP contribution in [0.5, 0.6) is 0 Å². The number of hydrogen-bond acceptors (Lipinski definition) is 3. The van der Waals surface area contributed by atoms with E-state index in [1.165, 1.54) is 5.56 Å². The van der Waals surface area contributed by atoms with Crippen molar-refractivity contribution in [1.29, 1.82) is 0 Å². The second kappa shape index (κ2) is 9.92. The maximum absolute atomic E-state index is 4.03. The highest BCUT2D eigenvalue weighted by Crippen LogP contribution is 2.09. The average molecular weight is 301 g/mol. The molecule has 1 saturated heterocycles. The first-order chi connectivity index (χ1) is 6.90. The van der Waals surface area contributed by atoms with Crippen molar-refractivity contribution in [3.8, 4) is 0 Å². The Morgan fingerprint density at radius 1 is 1.24 bits per heavy atom. The van der Waals surface area contributed by atoms with E-state index in [1.807, 2.05) is 12.4 Å². The van der Waals surface area contributed by atoms with Gasteiger partial charge in [-0.25, -0.2) is 0 Å². The Hall–Kier alpha value is -0.0600. The molecule has 1 N–H and O–H groups in total. The van der Waals surface area contributed by atoms with E-state index in [9.17, 15) is 0 Å². The molecule has 0 bridgehead atoms. The number of rotatable bonds is 4. The maximum Gasteiger partial charge on any atom is 0.0348 e. The standard InChI is InChI=1S/C11H17N3.3ClH/c1-2-14(11-7-13-8-11)9-10-3-5-12-6-4-10;;;/h3-6,11,13H,2,7-9H2,1H3;3*1H. The fourth-order valence-corrected chi connectivity index (χ4v) is 1.75. The number of nitrogens with zero attached hydrogens (tertiary/aromatic N) is 2. The van der Waals surface area contributed by atoms with Gasteiger partial charge in [-0.2, -0.15) is 0 Å². The van der Waals surface area contributed by atoms with Crippen molar-refractivity contribution in [2.24, 2.45) is 0 Å². The number of hydrogen-bond donors (Lipinski definition) is 1. The molecule has 0 amide bonds. The lowest BCUT2D eigenvalue weighted by molar-refractivity contribution is 0.145. The van der Waals surface area contributed by atoms with Crippen molar-refractivity contribution in [3.05, 3.63) is 30.1 Å². The first kappa shape index (κ1) is 19.3. The monoisotopic (exact) mass is 299 g/mol. The third-order valence-electron chi connectivity index (χ3n) is 2.82. The summed E-state index contributed by atoms with van der Waals surface area (Å²) >= 11 is 0. The van der Waals surface area contributed by atoms with E-state index >= 15 is 0 Å². The third-order valence-corrected chi connectivity index (χ3v) is 2.82. The van der Waals surface area contributed by atoms with Crippen LogP contribution in [0, 0.1) is 0 Å². The Labute approximate surface area is 122 Å². The van der Waals surface area contributed by atoms with Crippen LogP contribution >= 0.6 is 37.2 Å². The molecule has 2 heterocycles. The normalized spacial score (nSPS) is 14.0. The molecule has 6 heteroatoms. The van der Waals surface area contributed by atoms with E-state index in [-0.39, 0.29) is 37.2 Å². The molecular formula is C11H20Cl3N3. The molecular weight excluding hydrogens is 281 g/mol. The number of nitrogens with one attached hydrogen (secondary N) is 1. The molecule has 3 nitrogen and oxygen atoms in total. The van der Waals surface area contributed by atoms with Crippen LogP contribution in [-0.4, -0.2) is 35.6 Å². The Morgan fingerprint density at radius 2 is 1.82 bits per heavy atom. The highest BCUT2D eigenvalue weighted by molar-refractivity contribution is 5.86.